The normalized spacial score (nSPS) is 19.8. The average Bonchev–Trinajstić information content (AvgIpc) is 2.07. The van der Waals surface area contributed by atoms with Crippen molar-refractivity contribution < 1.29 is 0 Å². The van der Waals surface area contributed by atoms with E-state index in [1.165, 1.54) is 11.1 Å². The van der Waals surface area contributed by atoms with Gasteiger partial charge in [0.2, 0.25) is 0 Å². The Balaban J connectivity index is 0.000000980. The predicted octanol–water partition coefficient (Wildman–Crippen LogP) is 3.73. The summed E-state index contributed by atoms with van der Waals surface area (Å²) in [5.74, 6) is 0. The summed E-state index contributed by atoms with van der Waals surface area (Å²) in [6.07, 6.45) is 1.03. The number of hydrogen-bond acceptors (Lipinski definition) is 1. The van der Waals surface area contributed by atoms with Crippen LogP contribution in [0.3, 0.4) is 0 Å². The molecule has 1 atom stereocenters. The van der Waals surface area contributed by atoms with E-state index in [1.54, 1.807) is 0 Å². The molecule has 0 aromatic heterocycles. The summed E-state index contributed by atoms with van der Waals surface area (Å²) in [4.78, 5) is 0. The Morgan fingerprint density at radius 2 is 2.21 bits per heavy atom. The van der Waals surface area contributed by atoms with E-state index in [0.717, 1.165) is 22.5 Å². The van der Waals surface area contributed by atoms with Gasteiger partial charge < -0.3 is 5.32 Å². The van der Waals surface area contributed by atoms with Gasteiger partial charge in [0.15, 0.2) is 0 Å². The summed E-state index contributed by atoms with van der Waals surface area (Å²) in [7, 11) is 0. The van der Waals surface area contributed by atoms with Crippen LogP contribution in [0.4, 0.5) is 0 Å². The summed E-state index contributed by atoms with van der Waals surface area (Å²) >= 11 is 9.61. The van der Waals surface area contributed by atoms with Crippen LogP contribution in [0.5, 0.6) is 0 Å². The van der Waals surface area contributed by atoms with E-state index in [9.17, 15) is 0 Å². The zero-order chi connectivity index (χ0) is 9.42. The van der Waals surface area contributed by atoms with Crippen LogP contribution < -0.4 is 5.32 Å². The summed E-state index contributed by atoms with van der Waals surface area (Å²) in [6, 6.07) is 4.54. The van der Waals surface area contributed by atoms with Gasteiger partial charge in [-0.05, 0) is 43.1 Å². The van der Waals surface area contributed by atoms with Crippen LogP contribution in [0.2, 0.25) is 5.02 Å². The highest BCUT2D eigenvalue weighted by Crippen LogP contribution is 2.31. The monoisotopic (exact) mass is 295 g/mol. The van der Waals surface area contributed by atoms with E-state index < -0.39 is 0 Å². The third-order valence-corrected chi connectivity index (χ3v) is 3.28. The molecule has 2 rings (SSSR count). The number of benzene rings is 1. The molecule has 4 heteroatoms. The Labute approximate surface area is 104 Å². The molecule has 1 aromatic carbocycles. The first-order valence-corrected chi connectivity index (χ1v) is 5.57. The largest absolute Gasteiger partial charge is 0.310 e. The number of hydrogen-bond donors (Lipinski definition) is 1. The van der Waals surface area contributed by atoms with E-state index in [1.807, 2.05) is 6.07 Å². The van der Waals surface area contributed by atoms with Gasteiger partial charge in [0.05, 0.1) is 0 Å². The summed E-state index contributed by atoms with van der Waals surface area (Å²) in [5.41, 5.74) is 2.63. The Morgan fingerprint density at radius 3 is 2.93 bits per heavy atom. The molecule has 1 heterocycles. The van der Waals surface area contributed by atoms with Crippen molar-refractivity contribution in [1.82, 2.24) is 5.32 Å². The molecule has 78 valence electrons. The van der Waals surface area contributed by atoms with E-state index in [-0.39, 0.29) is 12.4 Å². The molecular weight excluding hydrogens is 285 g/mol. The molecule has 0 amide bonds. The molecule has 1 aliphatic heterocycles. The minimum Gasteiger partial charge on any atom is -0.310 e. The molecule has 0 radical (unpaired) electrons. The molecule has 0 fully saturated rings. The number of fused-ring (bicyclic) bond motifs is 1. The minimum absolute atomic E-state index is 0. The molecule has 0 spiro atoms. The van der Waals surface area contributed by atoms with Crippen LogP contribution in [-0.4, -0.2) is 6.54 Å². The minimum atomic E-state index is 0. The summed E-state index contributed by atoms with van der Waals surface area (Å²) in [5, 5.41) is 4.30. The van der Waals surface area contributed by atoms with Gasteiger partial charge in [0.1, 0.15) is 0 Å². The molecule has 1 N–H and O–H groups in total. The Hall–Kier alpha value is 0.240. The van der Waals surface area contributed by atoms with Gasteiger partial charge >= 0.3 is 0 Å². The highest BCUT2D eigenvalue weighted by atomic mass is 79.9. The second kappa shape index (κ2) is 4.84. The lowest BCUT2D eigenvalue weighted by Gasteiger charge is -2.24. The number of nitrogens with one attached hydrogen (secondary N) is 1. The van der Waals surface area contributed by atoms with Crippen molar-refractivity contribution in [2.24, 2.45) is 0 Å². The fourth-order valence-electron chi connectivity index (χ4n) is 1.80. The third-order valence-electron chi connectivity index (χ3n) is 2.49. The smallest absolute Gasteiger partial charge is 0.0453 e. The quantitative estimate of drug-likeness (QED) is 0.769. The van der Waals surface area contributed by atoms with Gasteiger partial charge in [0, 0.05) is 15.5 Å². The van der Waals surface area contributed by atoms with Crippen molar-refractivity contribution in [3.63, 3.8) is 0 Å². The maximum Gasteiger partial charge on any atom is 0.0453 e. The van der Waals surface area contributed by atoms with Gasteiger partial charge in [-0.3, -0.25) is 0 Å². The number of rotatable bonds is 0. The lowest BCUT2D eigenvalue weighted by molar-refractivity contribution is 0.541. The zero-order valence-corrected chi connectivity index (χ0v) is 11.0. The van der Waals surface area contributed by atoms with E-state index >= 15 is 0 Å². The summed E-state index contributed by atoms with van der Waals surface area (Å²) in [6.45, 7) is 3.19. The molecule has 1 unspecified atom stereocenters. The van der Waals surface area contributed by atoms with Crippen molar-refractivity contribution in [1.29, 1.82) is 0 Å². The predicted molar refractivity (Wildman–Crippen MR) is 66.5 cm³/mol. The maximum atomic E-state index is 6.15. The van der Waals surface area contributed by atoms with Crippen molar-refractivity contribution in [2.45, 2.75) is 19.4 Å². The molecule has 0 bridgehead atoms. The van der Waals surface area contributed by atoms with Crippen LogP contribution >= 0.6 is 39.9 Å². The highest BCUT2D eigenvalue weighted by molar-refractivity contribution is 9.10. The van der Waals surface area contributed by atoms with Gasteiger partial charge in [-0.2, -0.15) is 0 Å². The van der Waals surface area contributed by atoms with E-state index in [0.29, 0.717) is 6.04 Å². The van der Waals surface area contributed by atoms with Crippen LogP contribution in [0.1, 0.15) is 24.1 Å². The lowest BCUT2D eigenvalue weighted by Crippen LogP contribution is -2.27. The SMILES string of the molecule is CC1NCCc2c(Cl)cc(Br)cc21.Cl. The lowest BCUT2D eigenvalue weighted by atomic mass is 9.95. The zero-order valence-electron chi connectivity index (χ0n) is 7.81. The molecule has 1 aliphatic rings. The Bertz CT molecular complexity index is 341. The molecule has 1 aromatic rings. The van der Waals surface area contributed by atoms with Crippen LogP contribution in [0.15, 0.2) is 16.6 Å². The van der Waals surface area contributed by atoms with Crippen molar-refractivity contribution in [2.75, 3.05) is 6.54 Å². The van der Waals surface area contributed by atoms with Gasteiger partial charge in [0.25, 0.3) is 0 Å². The van der Waals surface area contributed by atoms with Crippen molar-refractivity contribution in [3.8, 4) is 0 Å². The van der Waals surface area contributed by atoms with Crippen LogP contribution in [-0.2, 0) is 6.42 Å². The standard InChI is InChI=1S/C10H11BrClN.ClH/c1-6-9-4-7(11)5-10(12)8(9)2-3-13-6;/h4-6,13H,2-3H2,1H3;1H. The first kappa shape index (κ1) is 12.3. The Kier molecular flexibility index (Phi) is 4.26. The van der Waals surface area contributed by atoms with Gasteiger partial charge in [-0.1, -0.05) is 27.5 Å². The second-order valence-electron chi connectivity index (χ2n) is 3.38. The van der Waals surface area contributed by atoms with Crippen LogP contribution in [0, 0.1) is 0 Å². The van der Waals surface area contributed by atoms with E-state index in [4.69, 9.17) is 11.6 Å². The molecular formula is C10H12BrCl2N. The van der Waals surface area contributed by atoms with E-state index in [2.05, 4.69) is 34.2 Å². The average molecular weight is 297 g/mol. The Morgan fingerprint density at radius 1 is 1.50 bits per heavy atom. The van der Waals surface area contributed by atoms with Crippen molar-refractivity contribution in [3.05, 3.63) is 32.8 Å². The topological polar surface area (TPSA) is 12.0 Å². The molecule has 0 saturated carbocycles. The fraction of sp³-hybridized carbons (Fsp3) is 0.400. The van der Waals surface area contributed by atoms with Crippen LogP contribution in [0.25, 0.3) is 0 Å². The van der Waals surface area contributed by atoms with Crippen molar-refractivity contribution >= 4 is 39.9 Å². The molecule has 14 heavy (non-hydrogen) atoms. The van der Waals surface area contributed by atoms with Gasteiger partial charge in [-0.25, -0.2) is 0 Å². The third kappa shape index (κ3) is 2.25. The molecule has 1 nitrogen and oxygen atoms in total. The first-order chi connectivity index (χ1) is 6.18. The summed E-state index contributed by atoms with van der Waals surface area (Å²) < 4.78 is 1.06. The fourth-order valence-corrected chi connectivity index (χ4v) is 2.73. The molecule has 0 aliphatic carbocycles. The highest BCUT2D eigenvalue weighted by Gasteiger charge is 2.18. The second-order valence-corrected chi connectivity index (χ2v) is 4.70. The van der Waals surface area contributed by atoms with Gasteiger partial charge in [-0.15, -0.1) is 12.4 Å². The maximum absolute atomic E-state index is 6.15. The molecule has 0 saturated heterocycles. The first-order valence-electron chi connectivity index (χ1n) is 4.39. The number of halogens is 3.